The second kappa shape index (κ2) is 9.19. The fourth-order valence-electron chi connectivity index (χ4n) is 1.66. The van der Waals surface area contributed by atoms with Crippen LogP contribution in [0.25, 0.3) is 0 Å². The topological polar surface area (TPSA) is 58.6 Å². The predicted octanol–water partition coefficient (Wildman–Crippen LogP) is 2.96. The number of aliphatic hydroxyl groups excluding tert-OH is 1. The van der Waals surface area contributed by atoms with Crippen molar-refractivity contribution in [2.24, 2.45) is 0 Å². The zero-order chi connectivity index (χ0) is 15.0. The van der Waals surface area contributed by atoms with Crippen LogP contribution < -0.4 is 5.32 Å². The predicted molar refractivity (Wildman–Crippen MR) is 80.2 cm³/mol. The van der Waals surface area contributed by atoms with E-state index in [9.17, 15) is 9.90 Å². The average molecular weight is 320 g/mol. The molecule has 0 aliphatic carbocycles. The minimum atomic E-state index is -0.831. The van der Waals surface area contributed by atoms with Gasteiger partial charge < -0.3 is 15.2 Å². The molecule has 0 aromatic heterocycles. The van der Waals surface area contributed by atoms with Gasteiger partial charge in [-0.2, -0.15) is 0 Å². The average Bonchev–Trinajstić information content (AvgIpc) is 2.40. The van der Waals surface area contributed by atoms with E-state index >= 15 is 0 Å². The van der Waals surface area contributed by atoms with E-state index in [2.05, 4.69) is 5.32 Å². The van der Waals surface area contributed by atoms with Gasteiger partial charge in [0, 0.05) is 36.2 Å². The van der Waals surface area contributed by atoms with E-state index < -0.39 is 6.10 Å². The van der Waals surface area contributed by atoms with Gasteiger partial charge in [0.15, 0.2) is 0 Å². The van der Waals surface area contributed by atoms with Gasteiger partial charge in [0.1, 0.15) is 0 Å². The van der Waals surface area contributed by atoms with Crippen LogP contribution in [0.2, 0.25) is 10.0 Å². The zero-order valence-electron chi connectivity index (χ0n) is 11.4. The van der Waals surface area contributed by atoms with Gasteiger partial charge in [-0.3, -0.25) is 4.79 Å². The monoisotopic (exact) mass is 319 g/mol. The lowest BCUT2D eigenvalue weighted by Gasteiger charge is -2.13. The van der Waals surface area contributed by atoms with Gasteiger partial charge in [0.05, 0.1) is 6.10 Å². The summed E-state index contributed by atoms with van der Waals surface area (Å²) in [4.78, 5) is 11.5. The Morgan fingerprint density at radius 3 is 2.60 bits per heavy atom. The molecule has 0 radical (unpaired) electrons. The number of rotatable bonds is 8. The molecule has 0 saturated heterocycles. The Labute approximate surface area is 129 Å². The van der Waals surface area contributed by atoms with E-state index in [-0.39, 0.29) is 12.5 Å². The molecule has 6 heteroatoms. The van der Waals surface area contributed by atoms with Gasteiger partial charge in [-0.05, 0) is 37.1 Å². The Kier molecular flexibility index (Phi) is 7.92. The molecule has 1 unspecified atom stereocenters. The van der Waals surface area contributed by atoms with Crippen molar-refractivity contribution < 1.29 is 14.6 Å². The first-order valence-corrected chi connectivity index (χ1v) is 7.27. The SMILES string of the molecule is CCOCCCC(=O)NCC(O)c1cc(Cl)cc(Cl)c1. The summed E-state index contributed by atoms with van der Waals surface area (Å²) < 4.78 is 5.15. The van der Waals surface area contributed by atoms with E-state index in [1.165, 1.54) is 0 Å². The van der Waals surface area contributed by atoms with E-state index in [1.807, 2.05) is 6.92 Å². The number of benzene rings is 1. The van der Waals surface area contributed by atoms with Crippen molar-refractivity contribution in [2.45, 2.75) is 25.9 Å². The molecule has 0 aliphatic heterocycles. The highest BCUT2D eigenvalue weighted by atomic mass is 35.5. The van der Waals surface area contributed by atoms with E-state index in [1.54, 1.807) is 18.2 Å². The summed E-state index contributed by atoms with van der Waals surface area (Å²) in [6.45, 7) is 3.25. The summed E-state index contributed by atoms with van der Waals surface area (Å²) in [7, 11) is 0. The van der Waals surface area contributed by atoms with E-state index in [0.29, 0.717) is 41.7 Å². The summed E-state index contributed by atoms with van der Waals surface area (Å²) in [5.74, 6) is -0.114. The Hall–Kier alpha value is -0.810. The largest absolute Gasteiger partial charge is 0.387 e. The second-order valence-electron chi connectivity index (χ2n) is 4.32. The van der Waals surface area contributed by atoms with Gasteiger partial charge in [0.2, 0.25) is 5.91 Å². The molecule has 0 bridgehead atoms. The van der Waals surface area contributed by atoms with Crippen LogP contribution in [0.15, 0.2) is 18.2 Å². The second-order valence-corrected chi connectivity index (χ2v) is 5.20. The number of aliphatic hydroxyl groups is 1. The Morgan fingerprint density at radius 2 is 2.00 bits per heavy atom. The molecule has 1 aromatic carbocycles. The molecule has 4 nitrogen and oxygen atoms in total. The lowest BCUT2D eigenvalue weighted by Crippen LogP contribution is -2.28. The van der Waals surface area contributed by atoms with E-state index in [4.69, 9.17) is 27.9 Å². The number of hydrogen-bond donors (Lipinski definition) is 2. The van der Waals surface area contributed by atoms with E-state index in [0.717, 1.165) is 0 Å². The third kappa shape index (κ3) is 6.57. The summed E-state index contributed by atoms with van der Waals surface area (Å²) in [5.41, 5.74) is 0.581. The molecule has 0 saturated carbocycles. The van der Waals surface area contributed by atoms with Crippen LogP contribution in [-0.2, 0) is 9.53 Å². The number of nitrogens with one attached hydrogen (secondary N) is 1. The van der Waals surface area contributed by atoms with Crippen molar-refractivity contribution in [3.05, 3.63) is 33.8 Å². The molecule has 1 atom stereocenters. The molecule has 0 fully saturated rings. The first-order chi connectivity index (χ1) is 9.52. The van der Waals surface area contributed by atoms with Crippen LogP contribution in [0, 0.1) is 0 Å². The summed E-state index contributed by atoms with van der Waals surface area (Å²) in [6.07, 6.45) is 0.212. The molecule has 2 N–H and O–H groups in total. The molecule has 0 spiro atoms. The Morgan fingerprint density at radius 1 is 1.35 bits per heavy atom. The molecular formula is C14H19Cl2NO3. The number of carbonyl (C=O) groups is 1. The maximum absolute atomic E-state index is 11.5. The van der Waals surface area contributed by atoms with Crippen molar-refractivity contribution in [3.63, 3.8) is 0 Å². The number of carbonyl (C=O) groups excluding carboxylic acids is 1. The van der Waals surface area contributed by atoms with Crippen LogP contribution in [0.1, 0.15) is 31.4 Å². The number of ether oxygens (including phenoxy) is 1. The zero-order valence-corrected chi connectivity index (χ0v) is 12.9. The molecule has 0 aliphatic rings. The van der Waals surface area contributed by atoms with Crippen LogP contribution in [0.4, 0.5) is 0 Å². The number of hydrogen-bond acceptors (Lipinski definition) is 3. The van der Waals surface area contributed by atoms with Crippen LogP contribution in [0.5, 0.6) is 0 Å². The Balaban J connectivity index is 2.35. The fourth-order valence-corrected chi connectivity index (χ4v) is 2.21. The normalized spacial score (nSPS) is 12.2. The molecule has 112 valence electrons. The van der Waals surface area contributed by atoms with Gasteiger partial charge in [-0.25, -0.2) is 0 Å². The molecular weight excluding hydrogens is 301 g/mol. The minimum absolute atomic E-state index is 0.114. The third-order valence-electron chi connectivity index (χ3n) is 2.66. The van der Waals surface area contributed by atoms with Crippen LogP contribution in [-0.4, -0.2) is 30.8 Å². The lowest BCUT2D eigenvalue weighted by atomic mass is 10.1. The maximum atomic E-state index is 11.5. The van der Waals surface area contributed by atoms with Crippen molar-refractivity contribution in [1.82, 2.24) is 5.32 Å². The molecule has 20 heavy (non-hydrogen) atoms. The first-order valence-electron chi connectivity index (χ1n) is 6.51. The number of amides is 1. The van der Waals surface area contributed by atoms with Gasteiger partial charge >= 0.3 is 0 Å². The fraction of sp³-hybridized carbons (Fsp3) is 0.500. The maximum Gasteiger partial charge on any atom is 0.220 e. The molecule has 0 heterocycles. The van der Waals surface area contributed by atoms with Gasteiger partial charge in [0.25, 0.3) is 0 Å². The van der Waals surface area contributed by atoms with Gasteiger partial charge in [-0.1, -0.05) is 23.2 Å². The molecule has 1 rings (SSSR count). The summed E-state index contributed by atoms with van der Waals surface area (Å²) in [6, 6.07) is 4.84. The van der Waals surface area contributed by atoms with Crippen LogP contribution in [0.3, 0.4) is 0 Å². The Bertz CT molecular complexity index is 420. The third-order valence-corrected chi connectivity index (χ3v) is 3.10. The summed E-state index contributed by atoms with van der Waals surface area (Å²) in [5, 5.41) is 13.5. The number of halogens is 2. The van der Waals surface area contributed by atoms with Crippen molar-refractivity contribution in [3.8, 4) is 0 Å². The highest BCUT2D eigenvalue weighted by Crippen LogP contribution is 2.23. The van der Waals surface area contributed by atoms with Gasteiger partial charge in [-0.15, -0.1) is 0 Å². The smallest absolute Gasteiger partial charge is 0.220 e. The van der Waals surface area contributed by atoms with Crippen LogP contribution >= 0.6 is 23.2 Å². The molecule has 1 aromatic rings. The highest BCUT2D eigenvalue weighted by molar-refractivity contribution is 6.34. The quantitative estimate of drug-likeness (QED) is 0.724. The first kappa shape index (κ1) is 17.2. The molecule has 1 amide bonds. The van der Waals surface area contributed by atoms with Crippen molar-refractivity contribution >= 4 is 29.1 Å². The lowest BCUT2D eigenvalue weighted by molar-refractivity contribution is -0.121. The summed E-state index contributed by atoms with van der Waals surface area (Å²) >= 11 is 11.7. The van der Waals surface area contributed by atoms with Crippen molar-refractivity contribution in [1.29, 1.82) is 0 Å². The minimum Gasteiger partial charge on any atom is -0.387 e. The van der Waals surface area contributed by atoms with Crippen molar-refractivity contribution in [2.75, 3.05) is 19.8 Å². The highest BCUT2D eigenvalue weighted by Gasteiger charge is 2.11. The standard InChI is InChI=1S/C14H19Cl2NO3/c1-2-20-5-3-4-14(19)17-9-13(18)10-6-11(15)8-12(16)7-10/h6-8,13,18H,2-5,9H2,1H3,(H,17,19).